The van der Waals surface area contributed by atoms with Crippen molar-refractivity contribution in [3.63, 3.8) is 0 Å². The molecular weight excluding hydrogens is 454 g/mol. The Morgan fingerprint density at radius 3 is 2.42 bits per heavy atom. The highest BCUT2D eigenvalue weighted by Gasteiger charge is 2.15. The lowest BCUT2D eigenvalue weighted by Gasteiger charge is -2.21. The molecule has 1 amide bonds. The molecule has 0 atom stereocenters. The van der Waals surface area contributed by atoms with Crippen LogP contribution in [0.2, 0.25) is 0 Å². The molecule has 0 aliphatic carbocycles. The Morgan fingerprint density at radius 1 is 0.917 bits per heavy atom. The monoisotopic (exact) mass is 483 g/mol. The number of nitrogens with one attached hydrogen (secondary N) is 1. The normalized spacial score (nSPS) is 11.1. The first kappa shape index (κ1) is 24.7. The van der Waals surface area contributed by atoms with E-state index in [1.807, 2.05) is 68.4 Å². The first-order valence-corrected chi connectivity index (χ1v) is 12.0. The second-order valence-corrected chi connectivity index (χ2v) is 8.12. The van der Waals surface area contributed by atoms with Gasteiger partial charge in [0.2, 0.25) is 5.91 Å². The average molecular weight is 484 g/mol. The molecule has 7 nitrogen and oxygen atoms in total. The number of hydrogen-bond acceptors (Lipinski definition) is 5. The molecular formula is C29H29N3O4. The minimum absolute atomic E-state index is 0.158. The Kier molecular flexibility index (Phi) is 8.13. The van der Waals surface area contributed by atoms with Crippen molar-refractivity contribution >= 4 is 22.9 Å². The summed E-state index contributed by atoms with van der Waals surface area (Å²) in [4.78, 5) is 34.9. The molecule has 3 aromatic carbocycles. The van der Waals surface area contributed by atoms with Crippen molar-refractivity contribution in [1.29, 1.82) is 0 Å². The maximum Gasteiger partial charge on any atom is 0.258 e. The van der Waals surface area contributed by atoms with Crippen LogP contribution in [-0.4, -0.2) is 34.0 Å². The lowest BCUT2D eigenvalue weighted by atomic mass is 10.1. The molecule has 0 aliphatic rings. The summed E-state index contributed by atoms with van der Waals surface area (Å²) in [5.74, 6) is 1.52. The molecule has 1 N–H and O–H groups in total. The molecule has 0 saturated carbocycles. The van der Waals surface area contributed by atoms with Crippen LogP contribution in [0.15, 0.2) is 83.7 Å². The van der Waals surface area contributed by atoms with E-state index in [0.29, 0.717) is 48.0 Å². The lowest BCUT2D eigenvalue weighted by Crippen LogP contribution is -2.30. The molecule has 0 fully saturated rings. The van der Waals surface area contributed by atoms with Gasteiger partial charge >= 0.3 is 0 Å². The van der Waals surface area contributed by atoms with Gasteiger partial charge < -0.3 is 19.4 Å². The molecule has 0 saturated heterocycles. The van der Waals surface area contributed by atoms with E-state index in [2.05, 4.69) is 9.97 Å². The van der Waals surface area contributed by atoms with Crippen molar-refractivity contribution in [2.75, 3.05) is 13.2 Å². The largest absolute Gasteiger partial charge is 0.490 e. The summed E-state index contributed by atoms with van der Waals surface area (Å²) in [6.07, 6.45) is 3.27. The maximum absolute atomic E-state index is 13.3. The fraction of sp³-hybridized carbons (Fsp3) is 0.207. The molecule has 4 rings (SSSR count). The number of ether oxygens (including phenoxy) is 2. The second kappa shape index (κ2) is 11.8. The van der Waals surface area contributed by atoms with Gasteiger partial charge in [0.25, 0.3) is 5.56 Å². The third-order valence-electron chi connectivity index (χ3n) is 5.52. The van der Waals surface area contributed by atoms with Gasteiger partial charge in [-0.15, -0.1) is 0 Å². The zero-order valence-corrected chi connectivity index (χ0v) is 20.4. The summed E-state index contributed by atoms with van der Waals surface area (Å²) in [5, 5.41) is 0.516. The van der Waals surface area contributed by atoms with E-state index in [0.717, 1.165) is 11.1 Å². The topological polar surface area (TPSA) is 84.5 Å². The molecule has 184 valence electrons. The molecule has 0 spiro atoms. The molecule has 0 radical (unpaired) electrons. The first-order chi connectivity index (χ1) is 17.6. The molecule has 0 unspecified atom stereocenters. The van der Waals surface area contributed by atoms with Crippen molar-refractivity contribution in [3.05, 3.63) is 106 Å². The van der Waals surface area contributed by atoms with Crippen molar-refractivity contribution in [2.24, 2.45) is 0 Å². The molecule has 1 aromatic heterocycles. The number of nitrogens with zero attached hydrogens (tertiary/aromatic N) is 2. The Morgan fingerprint density at radius 2 is 1.64 bits per heavy atom. The number of carbonyl (C=O) groups excluding carboxylic acids is 1. The predicted molar refractivity (Wildman–Crippen MR) is 141 cm³/mol. The zero-order chi connectivity index (χ0) is 25.3. The van der Waals surface area contributed by atoms with Gasteiger partial charge in [0.15, 0.2) is 11.5 Å². The molecule has 0 bridgehead atoms. The summed E-state index contributed by atoms with van der Waals surface area (Å²) in [6, 6.07) is 22.4. The van der Waals surface area contributed by atoms with Crippen molar-refractivity contribution in [1.82, 2.24) is 14.9 Å². The van der Waals surface area contributed by atoms with Gasteiger partial charge in [-0.3, -0.25) is 9.59 Å². The summed E-state index contributed by atoms with van der Waals surface area (Å²) < 4.78 is 11.3. The standard InChI is InChI=1S/C29H29N3O4/c1-3-35-25-16-14-21(18-26(25)36-4-2)15-17-28(33)32(19-22-10-6-5-7-11-22)20-27-30-24-13-9-8-12-23(24)29(34)31-27/h5-18H,3-4,19-20H2,1-2H3,(H,30,31,34)/b17-15+. The van der Waals surface area contributed by atoms with Gasteiger partial charge in [0, 0.05) is 12.6 Å². The Labute approximate surface area is 210 Å². The van der Waals surface area contributed by atoms with Gasteiger partial charge in [-0.25, -0.2) is 4.98 Å². The van der Waals surface area contributed by atoms with E-state index < -0.39 is 0 Å². The smallest absolute Gasteiger partial charge is 0.258 e. The fourth-order valence-electron chi connectivity index (χ4n) is 3.85. The first-order valence-electron chi connectivity index (χ1n) is 12.0. The minimum Gasteiger partial charge on any atom is -0.490 e. The van der Waals surface area contributed by atoms with Crippen molar-refractivity contribution in [3.8, 4) is 11.5 Å². The number of carbonyl (C=O) groups is 1. The molecule has 4 aromatic rings. The van der Waals surface area contributed by atoms with Crippen LogP contribution >= 0.6 is 0 Å². The Hall–Kier alpha value is -4.39. The second-order valence-electron chi connectivity index (χ2n) is 8.12. The van der Waals surface area contributed by atoms with Gasteiger partial charge in [0.05, 0.1) is 30.7 Å². The van der Waals surface area contributed by atoms with Gasteiger partial charge in [-0.2, -0.15) is 0 Å². The van der Waals surface area contributed by atoms with E-state index in [4.69, 9.17) is 9.47 Å². The van der Waals surface area contributed by atoms with Crippen LogP contribution in [0.3, 0.4) is 0 Å². The summed E-state index contributed by atoms with van der Waals surface area (Å²) in [7, 11) is 0. The van der Waals surface area contributed by atoms with Gasteiger partial charge in [-0.1, -0.05) is 48.5 Å². The summed E-state index contributed by atoms with van der Waals surface area (Å²) >= 11 is 0. The van der Waals surface area contributed by atoms with Crippen LogP contribution in [0.25, 0.3) is 17.0 Å². The number of amides is 1. The van der Waals surface area contributed by atoms with Crippen LogP contribution in [-0.2, 0) is 17.9 Å². The number of rotatable bonds is 10. The number of benzene rings is 3. The number of para-hydroxylation sites is 1. The average Bonchev–Trinajstić information content (AvgIpc) is 2.89. The van der Waals surface area contributed by atoms with Crippen LogP contribution < -0.4 is 15.0 Å². The summed E-state index contributed by atoms with van der Waals surface area (Å²) in [6.45, 7) is 5.40. The fourth-order valence-corrected chi connectivity index (χ4v) is 3.85. The lowest BCUT2D eigenvalue weighted by molar-refractivity contribution is -0.127. The number of aromatic nitrogens is 2. The van der Waals surface area contributed by atoms with Crippen molar-refractivity contribution < 1.29 is 14.3 Å². The van der Waals surface area contributed by atoms with E-state index in [-0.39, 0.29) is 18.0 Å². The quantitative estimate of drug-likeness (QED) is 0.322. The molecule has 7 heteroatoms. The SMILES string of the molecule is CCOc1ccc(/C=C/C(=O)N(Cc2ccccc2)Cc2nc3ccccc3c(=O)[nH]2)cc1OCC. The highest BCUT2D eigenvalue weighted by Crippen LogP contribution is 2.29. The van der Waals surface area contributed by atoms with Crippen LogP contribution in [0.1, 0.15) is 30.8 Å². The van der Waals surface area contributed by atoms with Crippen LogP contribution in [0.5, 0.6) is 11.5 Å². The van der Waals surface area contributed by atoms with E-state index in [1.165, 1.54) is 6.08 Å². The number of fused-ring (bicyclic) bond motifs is 1. The van der Waals surface area contributed by atoms with Crippen LogP contribution in [0, 0.1) is 0 Å². The summed E-state index contributed by atoms with van der Waals surface area (Å²) in [5.41, 5.74) is 2.15. The Balaban J connectivity index is 1.60. The van der Waals surface area contributed by atoms with E-state index >= 15 is 0 Å². The molecule has 36 heavy (non-hydrogen) atoms. The molecule has 0 aliphatic heterocycles. The maximum atomic E-state index is 13.3. The predicted octanol–water partition coefficient (Wildman–Crippen LogP) is 4.96. The van der Waals surface area contributed by atoms with Gasteiger partial charge in [0.1, 0.15) is 5.82 Å². The van der Waals surface area contributed by atoms with E-state index in [1.54, 1.807) is 29.2 Å². The Bertz CT molecular complexity index is 1410. The van der Waals surface area contributed by atoms with Crippen molar-refractivity contribution in [2.45, 2.75) is 26.9 Å². The van der Waals surface area contributed by atoms with E-state index in [9.17, 15) is 9.59 Å². The highest BCUT2D eigenvalue weighted by molar-refractivity contribution is 5.91. The third-order valence-corrected chi connectivity index (χ3v) is 5.52. The number of aromatic amines is 1. The zero-order valence-electron chi connectivity index (χ0n) is 20.4. The highest BCUT2D eigenvalue weighted by atomic mass is 16.5. The van der Waals surface area contributed by atoms with Gasteiger partial charge in [-0.05, 0) is 55.3 Å². The van der Waals surface area contributed by atoms with Crippen LogP contribution in [0.4, 0.5) is 0 Å². The molecule has 1 heterocycles. The minimum atomic E-state index is -0.226. The number of hydrogen-bond donors (Lipinski definition) is 1. The number of H-pyrrole nitrogens is 1. The third kappa shape index (κ3) is 6.18.